The van der Waals surface area contributed by atoms with Gasteiger partial charge >= 0.3 is 0 Å². The summed E-state index contributed by atoms with van der Waals surface area (Å²) in [5.41, 5.74) is 1.31. The van der Waals surface area contributed by atoms with Gasteiger partial charge in [-0.3, -0.25) is 10.1 Å². The number of morpholine rings is 1. The van der Waals surface area contributed by atoms with Crippen LogP contribution < -0.4 is 15.1 Å². The molecule has 0 radical (unpaired) electrons. The lowest BCUT2D eigenvalue weighted by Crippen LogP contribution is -2.44. The lowest BCUT2D eigenvalue weighted by Gasteiger charge is -2.33. The van der Waals surface area contributed by atoms with Crippen LogP contribution in [0.15, 0.2) is 41.1 Å². The fraction of sp³-hybridized carbons (Fsp3) is 0.409. The minimum Gasteiger partial charge on any atom is -0.463 e. The van der Waals surface area contributed by atoms with Crippen molar-refractivity contribution in [1.29, 1.82) is 0 Å². The van der Waals surface area contributed by atoms with Gasteiger partial charge < -0.3 is 23.9 Å². The van der Waals surface area contributed by atoms with E-state index in [4.69, 9.17) is 14.1 Å². The number of ether oxygens (including phenoxy) is 1. The highest BCUT2D eigenvalue weighted by Gasteiger charge is 2.24. The van der Waals surface area contributed by atoms with Crippen LogP contribution in [0.5, 0.6) is 0 Å². The molecule has 0 bridgehead atoms. The molecule has 168 valence electrons. The first-order valence-corrected chi connectivity index (χ1v) is 11.6. The van der Waals surface area contributed by atoms with Crippen LogP contribution in [0.3, 0.4) is 0 Å². The summed E-state index contributed by atoms with van der Waals surface area (Å²) < 4.78 is 11.1. The molecule has 9 nitrogen and oxygen atoms in total. The first-order chi connectivity index (χ1) is 15.7. The second kappa shape index (κ2) is 9.27. The maximum Gasteiger partial charge on any atom is 0.257 e. The lowest BCUT2D eigenvalue weighted by molar-refractivity contribution is 0.102. The summed E-state index contributed by atoms with van der Waals surface area (Å²) in [5.74, 6) is 1.32. The van der Waals surface area contributed by atoms with Crippen LogP contribution in [0.1, 0.15) is 10.4 Å². The summed E-state index contributed by atoms with van der Waals surface area (Å²) in [5, 5.41) is 4.49. The molecule has 0 aromatic carbocycles. The number of pyridine rings is 1. The van der Waals surface area contributed by atoms with Crippen molar-refractivity contribution < 1.29 is 13.9 Å². The third kappa shape index (κ3) is 4.47. The van der Waals surface area contributed by atoms with Gasteiger partial charge in [-0.2, -0.15) is 0 Å². The number of hydrogen-bond donors (Lipinski definition) is 1. The van der Waals surface area contributed by atoms with Gasteiger partial charge in [0.15, 0.2) is 10.9 Å². The molecule has 32 heavy (non-hydrogen) atoms. The van der Waals surface area contributed by atoms with Crippen molar-refractivity contribution in [2.75, 3.05) is 74.6 Å². The van der Waals surface area contributed by atoms with Crippen molar-refractivity contribution >= 4 is 33.2 Å². The standard InChI is InChI=1S/C22H26N6O3S/c1-26-6-8-27(9-7-26)18-15-16(4-5-23-18)20(29)25-22-24-19(17-3-2-12-31-17)21(32-22)28-10-13-30-14-11-28/h2-5,12,15H,6-11,13-14H2,1H3,(H,24,25,29). The highest BCUT2D eigenvalue weighted by Crippen LogP contribution is 2.39. The van der Waals surface area contributed by atoms with E-state index in [2.05, 4.69) is 32.0 Å². The molecule has 2 saturated heterocycles. The van der Waals surface area contributed by atoms with Crippen molar-refractivity contribution in [2.24, 2.45) is 0 Å². The molecule has 0 unspecified atom stereocenters. The number of anilines is 3. The molecular formula is C22H26N6O3S. The van der Waals surface area contributed by atoms with Gasteiger partial charge in [-0.05, 0) is 31.3 Å². The lowest BCUT2D eigenvalue weighted by atomic mass is 10.2. The Balaban J connectivity index is 1.36. The minimum atomic E-state index is -0.198. The van der Waals surface area contributed by atoms with Crippen LogP contribution in [-0.4, -0.2) is 80.3 Å². The average Bonchev–Trinajstić information content (AvgIpc) is 3.50. The molecule has 1 amide bonds. The number of rotatable bonds is 5. The van der Waals surface area contributed by atoms with Crippen molar-refractivity contribution in [2.45, 2.75) is 0 Å². The van der Waals surface area contributed by atoms with Crippen molar-refractivity contribution in [3.05, 3.63) is 42.3 Å². The molecule has 5 heterocycles. The summed E-state index contributed by atoms with van der Waals surface area (Å²) >= 11 is 1.46. The van der Waals surface area contributed by atoms with Crippen molar-refractivity contribution in [1.82, 2.24) is 14.9 Å². The number of thiazole rings is 1. The number of piperazine rings is 1. The summed E-state index contributed by atoms with van der Waals surface area (Å²) in [6, 6.07) is 7.31. The summed E-state index contributed by atoms with van der Waals surface area (Å²) in [4.78, 5) is 28.9. The Hall–Kier alpha value is -2.95. The van der Waals surface area contributed by atoms with Gasteiger partial charge in [-0.15, -0.1) is 0 Å². The van der Waals surface area contributed by atoms with E-state index in [1.807, 2.05) is 18.2 Å². The van der Waals surface area contributed by atoms with Crippen LogP contribution in [0.2, 0.25) is 0 Å². The Morgan fingerprint density at radius 2 is 1.91 bits per heavy atom. The number of nitrogens with one attached hydrogen (secondary N) is 1. The number of amides is 1. The first kappa shape index (κ1) is 20.9. The second-order valence-electron chi connectivity index (χ2n) is 7.90. The minimum absolute atomic E-state index is 0.198. The van der Waals surface area contributed by atoms with Crippen LogP contribution in [-0.2, 0) is 4.74 Å². The zero-order valence-electron chi connectivity index (χ0n) is 18.0. The number of likely N-dealkylation sites (N-methyl/N-ethyl adjacent to an activating group) is 1. The van der Waals surface area contributed by atoms with Crippen LogP contribution in [0, 0.1) is 0 Å². The molecule has 3 aromatic rings. The highest BCUT2D eigenvalue weighted by molar-refractivity contribution is 7.20. The van der Waals surface area contributed by atoms with E-state index in [9.17, 15) is 4.79 Å². The maximum atomic E-state index is 13.0. The SMILES string of the molecule is CN1CCN(c2cc(C(=O)Nc3nc(-c4ccco4)c(N4CCOCC4)s3)ccn2)CC1. The quantitative estimate of drug-likeness (QED) is 0.630. The Morgan fingerprint density at radius 3 is 2.66 bits per heavy atom. The molecule has 2 aliphatic rings. The van der Waals surface area contributed by atoms with E-state index in [0.717, 1.165) is 55.8 Å². The number of nitrogens with zero attached hydrogens (tertiary/aromatic N) is 5. The predicted molar refractivity (Wildman–Crippen MR) is 125 cm³/mol. The van der Waals surface area contributed by atoms with Crippen molar-refractivity contribution in [3.63, 3.8) is 0 Å². The fourth-order valence-corrected chi connectivity index (χ4v) is 4.88. The summed E-state index contributed by atoms with van der Waals surface area (Å²) in [6.07, 6.45) is 3.32. The second-order valence-corrected chi connectivity index (χ2v) is 8.87. The summed E-state index contributed by atoms with van der Waals surface area (Å²) in [7, 11) is 2.12. The van der Waals surface area contributed by atoms with E-state index in [1.54, 1.807) is 18.5 Å². The molecule has 0 spiro atoms. The monoisotopic (exact) mass is 454 g/mol. The largest absolute Gasteiger partial charge is 0.463 e. The number of furan rings is 1. The van der Waals surface area contributed by atoms with Gasteiger partial charge in [0.1, 0.15) is 16.5 Å². The van der Waals surface area contributed by atoms with Gasteiger partial charge in [0.2, 0.25) is 0 Å². The number of aromatic nitrogens is 2. The molecule has 0 saturated carbocycles. The van der Waals surface area contributed by atoms with E-state index in [1.165, 1.54) is 11.3 Å². The molecule has 0 atom stereocenters. The zero-order chi connectivity index (χ0) is 21.9. The third-order valence-electron chi connectivity index (χ3n) is 5.72. The molecule has 2 fully saturated rings. The van der Waals surface area contributed by atoms with Gasteiger partial charge in [-0.1, -0.05) is 11.3 Å². The molecule has 0 aliphatic carbocycles. The Morgan fingerprint density at radius 1 is 1.09 bits per heavy atom. The molecule has 10 heteroatoms. The van der Waals surface area contributed by atoms with E-state index < -0.39 is 0 Å². The van der Waals surface area contributed by atoms with Crippen LogP contribution in [0.4, 0.5) is 16.0 Å². The maximum absolute atomic E-state index is 13.0. The average molecular weight is 455 g/mol. The Labute approximate surface area is 190 Å². The Kier molecular flexibility index (Phi) is 6.06. The number of carbonyl (C=O) groups is 1. The van der Waals surface area contributed by atoms with Crippen molar-refractivity contribution in [3.8, 4) is 11.5 Å². The van der Waals surface area contributed by atoms with E-state index >= 15 is 0 Å². The molecule has 3 aromatic heterocycles. The summed E-state index contributed by atoms with van der Waals surface area (Å²) in [6.45, 7) is 6.66. The Bertz CT molecular complexity index is 1060. The molecular weight excluding hydrogens is 428 g/mol. The smallest absolute Gasteiger partial charge is 0.257 e. The van der Waals surface area contributed by atoms with Gasteiger partial charge in [0.25, 0.3) is 5.91 Å². The molecule has 5 rings (SSSR count). The number of hydrogen-bond acceptors (Lipinski definition) is 9. The molecule has 1 N–H and O–H groups in total. The first-order valence-electron chi connectivity index (χ1n) is 10.8. The van der Waals surface area contributed by atoms with E-state index in [-0.39, 0.29) is 5.91 Å². The van der Waals surface area contributed by atoms with Crippen LogP contribution >= 0.6 is 11.3 Å². The number of carbonyl (C=O) groups excluding carboxylic acids is 1. The predicted octanol–water partition coefficient (Wildman–Crippen LogP) is 2.64. The van der Waals surface area contributed by atoms with Gasteiger partial charge in [-0.25, -0.2) is 9.97 Å². The van der Waals surface area contributed by atoms with Gasteiger partial charge in [0.05, 0.1) is 19.5 Å². The van der Waals surface area contributed by atoms with Gasteiger partial charge in [0, 0.05) is 51.0 Å². The normalized spacial score (nSPS) is 17.5. The van der Waals surface area contributed by atoms with Crippen LogP contribution in [0.25, 0.3) is 11.5 Å². The third-order valence-corrected chi connectivity index (χ3v) is 6.75. The topological polar surface area (TPSA) is 87.0 Å². The van der Waals surface area contributed by atoms with E-state index in [0.29, 0.717) is 29.7 Å². The molecule has 2 aliphatic heterocycles. The fourth-order valence-electron chi connectivity index (χ4n) is 3.86. The zero-order valence-corrected chi connectivity index (χ0v) is 18.8. The highest BCUT2D eigenvalue weighted by atomic mass is 32.1.